The van der Waals surface area contributed by atoms with Crippen LogP contribution in [-0.4, -0.2) is 24.0 Å². The first kappa shape index (κ1) is 9.61. The molecule has 1 nitrogen and oxygen atoms in total. The molecule has 0 spiro atoms. The molecule has 1 heteroatoms. The third kappa shape index (κ3) is 2.53. The fraction of sp³-hybridized carbons (Fsp3) is 0.818. The summed E-state index contributed by atoms with van der Waals surface area (Å²) in [5, 5.41) is 0. The van der Waals surface area contributed by atoms with E-state index in [1.54, 1.807) is 0 Å². The predicted molar refractivity (Wildman–Crippen MR) is 53.0 cm³/mol. The van der Waals surface area contributed by atoms with Gasteiger partial charge in [-0.3, -0.25) is 4.90 Å². The van der Waals surface area contributed by atoms with Gasteiger partial charge in [0.25, 0.3) is 0 Å². The monoisotopic (exact) mass is 165 g/mol. The van der Waals surface area contributed by atoms with Gasteiger partial charge < -0.3 is 0 Å². The zero-order valence-corrected chi connectivity index (χ0v) is 8.05. The first-order valence-electron chi connectivity index (χ1n) is 5.06. The van der Waals surface area contributed by atoms with Crippen LogP contribution >= 0.6 is 0 Å². The topological polar surface area (TPSA) is 3.24 Å². The molecule has 1 saturated heterocycles. The van der Waals surface area contributed by atoms with Gasteiger partial charge in [-0.2, -0.15) is 0 Å². The molecule has 68 valence electrons. The van der Waals surface area contributed by atoms with Crippen molar-refractivity contribution < 1.29 is 0 Å². The van der Waals surface area contributed by atoms with Gasteiger partial charge in [0.1, 0.15) is 0 Å². The maximum Gasteiger partial charge on any atom is 0.0601 e. The van der Waals surface area contributed by atoms with E-state index in [-0.39, 0.29) is 0 Å². The highest BCUT2D eigenvalue weighted by Gasteiger charge is 2.17. The molecule has 0 saturated carbocycles. The summed E-state index contributed by atoms with van der Waals surface area (Å²) in [5.74, 6) is 2.76. The minimum Gasteiger partial charge on any atom is -0.289 e. The van der Waals surface area contributed by atoms with Crippen LogP contribution in [0.4, 0.5) is 0 Å². The van der Waals surface area contributed by atoms with E-state index in [9.17, 15) is 0 Å². The van der Waals surface area contributed by atoms with Crippen LogP contribution in [-0.2, 0) is 0 Å². The minimum atomic E-state index is 0.753. The van der Waals surface area contributed by atoms with Crippen LogP contribution in [0.3, 0.4) is 0 Å². The highest BCUT2D eigenvalue weighted by molar-refractivity contribution is 4.90. The smallest absolute Gasteiger partial charge is 0.0601 e. The first-order valence-corrected chi connectivity index (χ1v) is 5.06. The Kier molecular flexibility index (Phi) is 4.18. The van der Waals surface area contributed by atoms with Gasteiger partial charge in [0.15, 0.2) is 0 Å². The molecule has 0 aromatic rings. The van der Waals surface area contributed by atoms with Crippen molar-refractivity contribution in [3.63, 3.8) is 0 Å². The molecule has 1 fully saturated rings. The molecule has 0 bridgehead atoms. The molecule has 12 heavy (non-hydrogen) atoms. The SMILES string of the molecule is C#CCN1CCCCCC1CC. The second kappa shape index (κ2) is 5.22. The Morgan fingerprint density at radius 1 is 1.42 bits per heavy atom. The first-order chi connectivity index (χ1) is 5.88. The number of hydrogen-bond donors (Lipinski definition) is 0. The molecule has 1 unspecified atom stereocenters. The van der Waals surface area contributed by atoms with Gasteiger partial charge in [-0.1, -0.05) is 25.7 Å². The molecule has 1 aliphatic rings. The van der Waals surface area contributed by atoms with Gasteiger partial charge in [-0.05, 0) is 25.8 Å². The van der Waals surface area contributed by atoms with E-state index in [1.165, 1.54) is 38.6 Å². The Balaban J connectivity index is 2.46. The third-order valence-electron chi connectivity index (χ3n) is 2.76. The minimum absolute atomic E-state index is 0.753. The molecule has 0 radical (unpaired) electrons. The summed E-state index contributed by atoms with van der Waals surface area (Å²) in [4.78, 5) is 2.47. The van der Waals surface area contributed by atoms with E-state index < -0.39 is 0 Å². The van der Waals surface area contributed by atoms with Crippen LogP contribution in [0.1, 0.15) is 39.0 Å². The standard InChI is InChI=1S/C11H19N/c1-3-9-12-10-7-5-6-8-11(12)4-2/h1,11H,4-10H2,2H3. The van der Waals surface area contributed by atoms with E-state index in [4.69, 9.17) is 6.42 Å². The zero-order valence-electron chi connectivity index (χ0n) is 8.05. The number of likely N-dealkylation sites (tertiary alicyclic amines) is 1. The summed E-state index contributed by atoms with van der Waals surface area (Å²) < 4.78 is 0. The largest absolute Gasteiger partial charge is 0.289 e. The number of nitrogens with zero attached hydrogens (tertiary/aromatic N) is 1. The van der Waals surface area contributed by atoms with Gasteiger partial charge in [0.2, 0.25) is 0 Å². The number of terminal acetylenes is 1. The molecule has 0 aromatic carbocycles. The lowest BCUT2D eigenvalue weighted by Crippen LogP contribution is -2.34. The predicted octanol–water partition coefficient (Wildman–Crippen LogP) is 2.27. The van der Waals surface area contributed by atoms with Crippen LogP contribution < -0.4 is 0 Å². The van der Waals surface area contributed by atoms with E-state index in [2.05, 4.69) is 17.7 Å². The van der Waals surface area contributed by atoms with Crippen molar-refractivity contribution in [1.82, 2.24) is 4.90 Å². The van der Waals surface area contributed by atoms with Crippen molar-refractivity contribution in [2.24, 2.45) is 0 Å². The summed E-state index contributed by atoms with van der Waals surface area (Å²) >= 11 is 0. The van der Waals surface area contributed by atoms with E-state index in [0.717, 1.165) is 12.6 Å². The van der Waals surface area contributed by atoms with Crippen LogP contribution in [0.25, 0.3) is 0 Å². The fourth-order valence-electron chi connectivity index (χ4n) is 2.02. The Morgan fingerprint density at radius 3 is 2.92 bits per heavy atom. The summed E-state index contributed by atoms with van der Waals surface area (Å²) in [7, 11) is 0. The lowest BCUT2D eigenvalue weighted by molar-refractivity contribution is 0.219. The Hall–Kier alpha value is -0.480. The molecule has 0 amide bonds. The van der Waals surface area contributed by atoms with E-state index in [0.29, 0.717) is 0 Å². The van der Waals surface area contributed by atoms with Gasteiger partial charge in [-0.15, -0.1) is 6.42 Å². The molecule has 1 heterocycles. The van der Waals surface area contributed by atoms with Crippen LogP contribution in [0.15, 0.2) is 0 Å². The van der Waals surface area contributed by atoms with Gasteiger partial charge in [-0.25, -0.2) is 0 Å². The fourth-order valence-corrected chi connectivity index (χ4v) is 2.02. The third-order valence-corrected chi connectivity index (χ3v) is 2.76. The summed E-state index contributed by atoms with van der Waals surface area (Å²) in [6.45, 7) is 4.32. The average Bonchev–Trinajstić information content (AvgIpc) is 2.30. The molecule has 1 aliphatic heterocycles. The maximum atomic E-state index is 5.34. The van der Waals surface area contributed by atoms with Gasteiger partial charge in [0, 0.05) is 6.04 Å². The quantitative estimate of drug-likeness (QED) is 0.567. The molecule has 0 aromatic heterocycles. The van der Waals surface area contributed by atoms with Crippen molar-refractivity contribution in [1.29, 1.82) is 0 Å². The van der Waals surface area contributed by atoms with E-state index in [1.807, 2.05) is 0 Å². The highest BCUT2D eigenvalue weighted by atomic mass is 15.1. The Bertz CT molecular complexity index is 157. The lowest BCUT2D eigenvalue weighted by atomic mass is 10.1. The summed E-state index contributed by atoms with van der Waals surface area (Å²) in [6, 6.07) is 0.753. The second-order valence-corrected chi connectivity index (χ2v) is 3.59. The molecule has 1 atom stereocenters. The number of hydrogen-bond acceptors (Lipinski definition) is 1. The molecular formula is C11H19N. The van der Waals surface area contributed by atoms with Crippen molar-refractivity contribution >= 4 is 0 Å². The maximum absolute atomic E-state index is 5.34. The van der Waals surface area contributed by atoms with Crippen molar-refractivity contribution in [3.8, 4) is 12.3 Å². The van der Waals surface area contributed by atoms with Crippen LogP contribution in [0.2, 0.25) is 0 Å². The summed E-state index contributed by atoms with van der Waals surface area (Å²) in [6.07, 6.45) is 12.0. The van der Waals surface area contributed by atoms with Crippen LogP contribution in [0.5, 0.6) is 0 Å². The van der Waals surface area contributed by atoms with Crippen molar-refractivity contribution in [3.05, 3.63) is 0 Å². The summed E-state index contributed by atoms with van der Waals surface area (Å²) in [5.41, 5.74) is 0. The van der Waals surface area contributed by atoms with Gasteiger partial charge >= 0.3 is 0 Å². The normalized spacial score (nSPS) is 26.2. The average molecular weight is 165 g/mol. The zero-order chi connectivity index (χ0) is 8.81. The molecular weight excluding hydrogens is 146 g/mol. The molecule has 0 N–H and O–H groups in total. The second-order valence-electron chi connectivity index (χ2n) is 3.59. The molecule has 0 aliphatic carbocycles. The van der Waals surface area contributed by atoms with Gasteiger partial charge in [0.05, 0.1) is 6.54 Å². The van der Waals surface area contributed by atoms with Crippen LogP contribution in [0, 0.1) is 12.3 Å². The highest BCUT2D eigenvalue weighted by Crippen LogP contribution is 2.18. The van der Waals surface area contributed by atoms with E-state index >= 15 is 0 Å². The Labute approximate surface area is 76.1 Å². The van der Waals surface area contributed by atoms with Crippen molar-refractivity contribution in [2.75, 3.05) is 13.1 Å². The molecule has 1 rings (SSSR count). The van der Waals surface area contributed by atoms with Crippen molar-refractivity contribution in [2.45, 2.75) is 45.1 Å². The number of rotatable bonds is 2. The Morgan fingerprint density at radius 2 is 2.25 bits per heavy atom. The lowest BCUT2D eigenvalue weighted by Gasteiger charge is -2.26.